The van der Waals surface area contributed by atoms with E-state index in [2.05, 4.69) is 5.16 Å². The number of oxime groups is 1. The van der Waals surface area contributed by atoms with E-state index in [9.17, 15) is 0 Å². The summed E-state index contributed by atoms with van der Waals surface area (Å²) in [6.45, 7) is 0.0437. The Morgan fingerprint density at radius 1 is 1.10 bits per heavy atom. The number of ether oxygens (including phenoxy) is 2. The molecule has 1 unspecified atom stereocenters. The van der Waals surface area contributed by atoms with Crippen LogP contribution in [0, 0.1) is 0 Å². The molecule has 5 nitrogen and oxygen atoms in total. The van der Waals surface area contributed by atoms with Crippen molar-refractivity contribution in [1.82, 2.24) is 0 Å². The second kappa shape index (κ2) is 7.31. The van der Waals surface area contributed by atoms with Crippen LogP contribution < -0.4 is 10.5 Å². The standard InChI is InChI=1S/C16H18N2O3/c1-20-14-9-7-13(8-10-14)16(21-11-15(17)18-19)12-5-3-2-4-6-12/h2-10,16,19H,11H2,1H3,(H2,17,18). The molecule has 2 rings (SSSR count). The van der Waals surface area contributed by atoms with Gasteiger partial charge in [-0.2, -0.15) is 0 Å². The molecular weight excluding hydrogens is 268 g/mol. The van der Waals surface area contributed by atoms with Crippen LogP contribution in [0.3, 0.4) is 0 Å². The normalized spacial score (nSPS) is 12.9. The van der Waals surface area contributed by atoms with Gasteiger partial charge in [0, 0.05) is 0 Å². The first-order chi connectivity index (χ1) is 10.2. The van der Waals surface area contributed by atoms with Gasteiger partial charge in [0.15, 0.2) is 5.84 Å². The van der Waals surface area contributed by atoms with Gasteiger partial charge in [-0.1, -0.05) is 47.6 Å². The highest BCUT2D eigenvalue weighted by molar-refractivity contribution is 5.80. The van der Waals surface area contributed by atoms with Crippen LogP contribution in [0.1, 0.15) is 17.2 Å². The van der Waals surface area contributed by atoms with Crippen LogP contribution in [0.4, 0.5) is 0 Å². The van der Waals surface area contributed by atoms with Crippen molar-refractivity contribution in [2.45, 2.75) is 6.10 Å². The lowest BCUT2D eigenvalue weighted by Gasteiger charge is -2.19. The molecule has 0 aliphatic carbocycles. The van der Waals surface area contributed by atoms with Crippen molar-refractivity contribution in [2.75, 3.05) is 13.7 Å². The van der Waals surface area contributed by atoms with E-state index in [0.717, 1.165) is 16.9 Å². The van der Waals surface area contributed by atoms with Crippen molar-refractivity contribution >= 4 is 5.84 Å². The Kier molecular flexibility index (Phi) is 5.17. The third-order valence-corrected chi connectivity index (χ3v) is 3.05. The maximum atomic E-state index is 8.62. The van der Waals surface area contributed by atoms with Crippen LogP contribution in [-0.4, -0.2) is 24.8 Å². The van der Waals surface area contributed by atoms with Crippen LogP contribution in [0.2, 0.25) is 0 Å². The lowest BCUT2D eigenvalue weighted by atomic mass is 10.0. The molecule has 0 radical (unpaired) electrons. The van der Waals surface area contributed by atoms with Crippen molar-refractivity contribution in [3.63, 3.8) is 0 Å². The molecule has 2 aromatic carbocycles. The monoisotopic (exact) mass is 286 g/mol. The first kappa shape index (κ1) is 14.9. The number of amidine groups is 1. The molecule has 0 saturated carbocycles. The van der Waals surface area contributed by atoms with Crippen LogP contribution in [0.5, 0.6) is 5.75 Å². The molecule has 0 saturated heterocycles. The summed E-state index contributed by atoms with van der Waals surface area (Å²) in [5.41, 5.74) is 7.44. The van der Waals surface area contributed by atoms with Gasteiger partial charge in [-0.3, -0.25) is 0 Å². The fraction of sp³-hybridized carbons (Fsp3) is 0.188. The van der Waals surface area contributed by atoms with Crippen LogP contribution in [-0.2, 0) is 4.74 Å². The Labute approximate surface area is 123 Å². The third-order valence-electron chi connectivity index (χ3n) is 3.05. The number of nitrogens with two attached hydrogens (primary N) is 1. The maximum absolute atomic E-state index is 8.62. The quantitative estimate of drug-likeness (QED) is 0.370. The van der Waals surface area contributed by atoms with E-state index in [-0.39, 0.29) is 18.5 Å². The van der Waals surface area contributed by atoms with E-state index >= 15 is 0 Å². The minimum Gasteiger partial charge on any atom is -0.497 e. The Bertz CT molecular complexity index is 582. The van der Waals surface area contributed by atoms with Gasteiger partial charge in [-0.05, 0) is 23.3 Å². The molecule has 3 N–H and O–H groups in total. The van der Waals surface area contributed by atoms with E-state index < -0.39 is 0 Å². The maximum Gasteiger partial charge on any atom is 0.165 e. The molecule has 2 aromatic rings. The molecule has 0 aliphatic heterocycles. The Hall–Kier alpha value is -2.53. The summed E-state index contributed by atoms with van der Waals surface area (Å²) in [6, 6.07) is 17.4. The minimum absolute atomic E-state index is 0.0319. The summed E-state index contributed by atoms with van der Waals surface area (Å²) >= 11 is 0. The zero-order valence-corrected chi connectivity index (χ0v) is 11.8. The summed E-state index contributed by atoms with van der Waals surface area (Å²) in [5.74, 6) is 0.812. The van der Waals surface area contributed by atoms with Crippen molar-refractivity contribution in [3.05, 3.63) is 65.7 Å². The summed E-state index contributed by atoms with van der Waals surface area (Å²) in [6.07, 6.45) is -0.294. The van der Waals surface area contributed by atoms with E-state index in [4.69, 9.17) is 20.4 Å². The van der Waals surface area contributed by atoms with Gasteiger partial charge in [0.1, 0.15) is 18.5 Å². The van der Waals surface area contributed by atoms with Gasteiger partial charge in [0.05, 0.1) is 7.11 Å². The van der Waals surface area contributed by atoms with Gasteiger partial charge in [-0.25, -0.2) is 0 Å². The van der Waals surface area contributed by atoms with E-state index in [1.54, 1.807) is 7.11 Å². The molecule has 1 atom stereocenters. The molecule has 110 valence electrons. The summed E-state index contributed by atoms with van der Waals surface area (Å²) in [7, 11) is 1.62. The molecule has 0 aliphatic rings. The fourth-order valence-electron chi connectivity index (χ4n) is 1.99. The summed E-state index contributed by atoms with van der Waals surface area (Å²) < 4.78 is 10.9. The predicted octanol–water partition coefficient (Wildman–Crippen LogP) is 2.55. The number of nitrogens with zero attached hydrogens (tertiary/aromatic N) is 1. The molecule has 0 fully saturated rings. The average molecular weight is 286 g/mol. The van der Waals surface area contributed by atoms with Crippen molar-refractivity contribution in [2.24, 2.45) is 10.9 Å². The van der Waals surface area contributed by atoms with Crippen LogP contribution >= 0.6 is 0 Å². The summed E-state index contributed by atoms with van der Waals surface area (Å²) in [4.78, 5) is 0. The van der Waals surface area contributed by atoms with Gasteiger partial charge < -0.3 is 20.4 Å². The van der Waals surface area contributed by atoms with Crippen molar-refractivity contribution < 1.29 is 14.7 Å². The van der Waals surface area contributed by atoms with Crippen LogP contribution in [0.25, 0.3) is 0 Å². The highest BCUT2D eigenvalue weighted by Crippen LogP contribution is 2.27. The smallest absolute Gasteiger partial charge is 0.165 e. The number of rotatable bonds is 6. The second-order valence-electron chi connectivity index (χ2n) is 4.47. The number of methoxy groups -OCH3 is 1. The lowest BCUT2D eigenvalue weighted by molar-refractivity contribution is 0.110. The minimum atomic E-state index is -0.294. The summed E-state index contributed by atoms with van der Waals surface area (Å²) in [5, 5.41) is 11.5. The number of hydrogen-bond acceptors (Lipinski definition) is 4. The molecule has 0 heterocycles. The lowest BCUT2D eigenvalue weighted by Crippen LogP contribution is -2.21. The first-order valence-corrected chi connectivity index (χ1v) is 6.51. The predicted molar refractivity (Wildman–Crippen MR) is 80.6 cm³/mol. The number of hydrogen-bond donors (Lipinski definition) is 2. The first-order valence-electron chi connectivity index (χ1n) is 6.51. The van der Waals surface area contributed by atoms with E-state index in [1.165, 1.54) is 0 Å². The van der Waals surface area contributed by atoms with Crippen molar-refractivity contribution in [3.8, 4) is 5.75 Å². The molecule has 5 heteroatoms. The largest absolute Gasteiger partial charge is 0.497 e. The molecule has 0 aromatic heterocycles. The number of benzene rings is 2. The van der Waals surface area contributed by atoms with E-state index in [1.807, 2.05) is 54.6 Å². The highest BCUT2D eigenvalue weighted by atomic mass is 16.5. The average Bonchev–Trinajstić information content (AvgIpc) is 2.56. The Balaban J connectivity index is 2.26. The third kappa shape index (κ3) is 3.97. The zero-order chi connectivity index (χ0) is 15.1. The Morgan fingerprint density at radius 2 is 1.71 bits per heavy atom. The molecule has 0 bridgehead atoms. The van der Waals surface area contributed by atoms with Gasteiger partial charge in [0.25, 0.3) is 0 Å². The zero-order valence-electron chi connectivity index (χ0n) is 11.8. The highest BCUT2D eigenvalue weighted by Gasteiger charge is 2.15. The molecular formula is C16H18N2O3. The Morgan fingerprint density at radius 3 is 2.29 bits per heavy atom. The van der Waals surface area contributed by atoms with E-state index in [0.29, 0.717) is 0 Å². The topological polar surface area (TPSA) is 77.1 Å². The SMILES string of the molecule is COc1ccc(C(OCC(N)=NO)c2ccccc2)cc1. The fourth-order valence-corrected chi connectivity index (χ4v) is 1.99. The molecule has 21 heavy (non-hydrogen) atoms. The van der Waals surface area contributed by atoms with Gasteiger partial charge >= 0.3 is 0 Å². The van der Waals surface area contributed by atoms with Crippen LogP contribution in [0.15, 0.2) is 59.8 Å². The molecule has 0 amide bonds. The second-order valence-corrected chi connectivity index (χ2v) is 4.47. The van der Waals surface area contributed by atoms with Gasteiger partial charge in [-0.15, -0.1) is 0 Å². The van der Waals surface area contributed by atoms with Crippen molar-refractivity contribution in [1.29, 1.82) is 0 Å². The molecule has 0 spiro atoms. The van der Waals surface area contributed by atoms with Gasteiger partial charge in [0.2, 0.25) is 0 Å².